The Balaban J connectivity index is 1.41. The van der Waals surface area contributed by atoms with Gasteiger partial charge in [0.05, 0.1) is 11.3 Å². The zero-order valence-corrected chi connectivity index (χ0v) is 22.1. The molecule has 11 heteroatoms. The summed E-state index contributed by atoms with van der Waals surface area (Å²) in [5.41, 5.74) is 5.76. The number of benzene rings is 1. The third-order valence-corrected chi connectivity index (χ3v) is 6.39. The Morgan fingerprint density at radius 3 is 2.61 bits per heavy atom. The van der Waals surface area contributed by atoms with Crippen molar-refractivity contribution in [2.24, 2.45) is 0 Å². The van der Waals surface area contributed by atoms with E-state index >= 15 is 4.39 Å². The molecular weight excluding hydrogens is 487 g/mol. The van der Waals surface area contributed by atoms with Gasteiger partial charge in [0.25, 0.3) is 0 Å². The van der Waals surface area contributed by atoms with Crippen LogP contribution < -0.4 is 5.32 Å². The van der Waals surface area contributed by atoms with Crippen LogP contribution in [-0.2, 0) is 6.54 Å². The Hall–Kier alpha value is -4.41. The highest BCUT2D eigenvalue weighted by molar-refractivity contribution is 5.92. The van der Waals surface area contributed by atoms with Crippen molar-refractivity contribution >= 4 is 17.1 Å². The maximum Gasteiger partial charge on any atom is 0.315 e. The molecular formula is C27H29FN8O2. The van der Waals surface area contributed by atoms with Crippen molar-refractivity contribution in [1.29, 1.82) is 0 Å². The first-order valence-electron chi connectivity index (χ1n) is 12.5. The van der Waals surface area contributed by atoms with E-state index in [1.807, 2.05) is 38.4 Å². The van der Waals surface area contributed by atoms with Crippen LogP contribution in [0.15, 0.2) is 35.0 Å². The molecule has 4 heterocycles. The number of aromatic nitrogens is 7. The second kappa shape index (κ2) is 9.81. The smallest absolute Gasteiger partial charge is 0.315 e. The minimum atomic E-state index is -0.556. The van der Waals surface area contributed by atoms with Crippen molar-refractivity contribution < 1.29 is 13.7 Å². The number of hydrogen-bond donors (Lipinski definition) is 2. The fourth-order valence-electron chi connectivity index (χ4n) is 4.44. The average Bonchev–Trinajstić information content (AvgIpc) is 3.60. The molecule has 196 valence electrons. The van der Waals surface area contributed by atoms with E-state index in [2.05, 4.69) is 44.4 Å². The molecule has 0 aliphatic rings. The summed E-state index contributed by atoms with van der Waals surface area (Å²) in [6.45, 7) is 11.9. The van der Waals surface area contributed by atoms with E-state index in [0.717, 1.165) is 22.5 Å². The van der Waals surface area contributed by atoms with Crippen molar-refractivity contribution in [3.63, 3.8) is 0 Å². The molecule has 0 bridgehead atoms. The van der Waals surface area contributed by atoms with Gasteiger partial charge in [0.15, 0.2) is 11.5 Å². The lowest BCUT2D eigenvalue weighted by Crippen LogP contribution is -2.23. The highest BCUT2D eigenvalue weighted by atomic mass is 19.1. The summed E-state index contributed by atoms with van der Waals surface area (Å²) in [5.74, 6) is -0.0239. The molecule has 0 radical (unpaired) electrons. The van der Waals surface area contributed by atoms with Crippen molar-refractivity contribution in [3.8, 4) is 22.5 Å². The second-order valence-corrected chi connectivity index (χ2v) is 9.83. The Morgan fingerprint density at radius 2 is 1.95 bits per heavy atom. The molecule has 0 atom stereocenters. The minimum absolute atomic E-state index is 0.0267. The highest BCUT2D eigenvalue weighted by Gasteiger charge is 2.21. The van der Waals surface area contributed by atoms with E-state index in [9.17, 15) is 4.79 Å². The van der Waals surface area contributed by atoms with E-state index in [1.54, 1.807) is 18.3 Å². The molecule has 5 aromatic rings. The molecule has 4 aromatic heterocycles. The number of carbonyl (C=O) groups is 1. The second-order valence-electron chi connectivity index (χ2n) is 9.83. The monoisotopic (exact) mass is 516 g/mol. The maximum atomic E-state index is 15.1. The number of imidazole rings is 1. The van der Waals surface area contributed by atoms with Crippen LogP contribution in [-0.4, -0.2) is 40.8 Å². The number of rotatable bonds is 7. The SMILES string of the molecule is Cc1nn(C(C)C)c(C)c1-c1nc2c(-c3ccc(CNC(=O)c4nc(C(C)C)no4)c(F)c3)ccnc2[nH]1. The number of nitrogens with zero attached hydrogens (tertiary/aromatic N) is 6. The lowest BCUT2D eigenvalue weighted by molar-refractivity contribution is 0.0906. The summed E-state index contributed by atoms with van der Waals surface area (Å²) >= 11 is 0. The molecule has 1 aromatic carbocycles. The minimum Gasteiger partial charge on any atom is -0.344 e. The molecule has 0 fully saturated rings. The van der Waals surface area contributed by atoms with Gasteiger partial charge in [0.1, 0.15) is 17.2 Å². The van der Waals surface area contributed by atoms with Gasteiger partial charge in [-0.3, -0.25) is 9.48 Å². The molecule has 10 nitrogen and oxygen atoms in total. The fourth-order valence-corrected chi connectivity index (χ4v) is 4.44. The van der Waals surface area contributed by atoms with Crippen molar-refractivity contribution in [3.05, 3.63) is 64.9 Å². The van der Waals surface area contributed by atoms with Gasteiger partial charge >= 0.3 is 11.8 Å². The van der Waals surface area contributed by atoms with Gasteiger partial charge in [-0.25, -0.2) is 14.4 Å². The molecule has 1 amide bonds. The van der Waals surface area contributed by atoms with E-state index in [-0.39, 0.29) is 24.4 Å². The highest BCUT2D eigenvalue weighted by Crippen LogP contribution is 2.32. The third kappa shape index (κ3) is 4.55. The van der Waals surface area contributed by atoms with Gasteiger partial charge in [-0.15, -0.1) is 0 Å². The normalized spacial score (nSPS) is 11.7. The number of halogens is 1. The van der Waals surface area contributed by atoms with Crippen LogP contribution in [0.5, 0.6) is 0 Å². The van der Waals surface area contributed by atoms with Gasteiger partial charge in [-0.05, 0) is 45.4 Å². The van der Waals surface area contributed by atoms with Crippen molar-refractivity contribution in [2.45, 2.75) is 60.0 Å². The quantitative estimate of drug-likeness (QED) is 0.302. The van der Waals surface area contributed by atoms with Crippen LogP contribution >= 0.6 is 0 Å². The van der Waals surface area contributed by atoms with Gasteiger partial charge in [0.2, 0.25) is 0 Å². The summed E-state index contributed by atoms with van der Waals surface area (Å²) in [6, 6.07) is 6.89. The van der Waals surface area contributed by atoms with E-state index < -0.39 is 11.7 Å². The van der Waals surface area contributed by atoms with Gasteiger partial charge in [-0.2, -0.15) is 10.1 Å². The summed E-state index contributed by atoms with van der Waals surface area (Å²) in [7, 11) is 0. The number of aromatic amines is 1. The summed E-state index contributed by atoms with van der Waals surface area (Å²) in [6.07, 6.45) is 1.67. The number of pyridine rings is 1. The Kier molecular flexibility index (Phi) is 6.52. The first-order chi connectivity index (χ1) is 18.1. The average molecular weight is 517 g/mol. The molecule has 38 heavy (non-hydrogen) atoms. The first kappa shape index (κ1) is 25.2. The van der Waals surface area contributed by atoms with Crippen LogP contribution in [0.1, 0.15) is 73.1 Å². The fraction of sp³-hybridized carbons (Fsp3) is 0.333. The number of H-pyrrole nitrogens is 1. The summed E-state index contributed by atoms with van der Waals surface area (Å²) in [4.78, 5) is 29.0. The summed E-state index contributed by atoms with van der Waals surface area (Å²) < 4.78 is 22.1. The number of amides is 1. The van der Waals surface area contributed by atoms with E-state index in [0.29, 0.717) is 33.9 Å². The predicted molar refractivity (Wildman–Crippen MR) is 140 cm³/mol. The van der Waals surface area contributed by atoms with Gasteiger partial charge in [-0.1, -0.05) is 31.1 Å². The first-order valence-corrected chi connectivity index (χ1v) is 12.5. The Labute approximate surface area is 218 Å². The number of fused-ring (bicyclic) bond motifs is 1. The number of nitrogens with one attached hydrogen (secondary N) is 2. The Bertz CT molecular complexity index is 1650. The molecule has 0 spiro atoms. The Morgan fingerprint density at radius 1 is 1.16 bits per heavy atom. The van der Waals surface area contributed by atoms with Crippen molar-refractivity contribution in [1.82, 2.24) is 40.2 Å². The number of aryl methyl sites for hydroxylation is 1. The number of hydrogen-bond acceptors (Lipinski definition) is 7. The zero-order valence-electron chi connectivity index (χ0n) is 22.1. The largest absolute Gasteiger partial charge is 0.344 e. The third-order valence-electron chi connectivity index (χ3n) is 6.39. The van der Waals surface area contributed by atoms with Crippen LogP contribution in [0.4, 0.5) is 4.39 Å². The molecule has 0 saturated heterocycles. The summed E-state index contributed by atoms with van der Waals surface area (Å²) in [5, 5.41) is 11.1. The molecule has 0 unspecified atom stereocenters. The molecule has 0 aliphatic heterocycles. The zero-order chi connectivity index (χ0) is 27.1. The predicted octanol–water partition coefficient (Wildman–Crippen LogP) is 5.26. The maximum absolute atomic E-state index is 15.1. The van der Waals surface area contributed by atoms with Gasteiger partial charge in [0, 0.05) is 41.5 Å². The van der Waals surface area contributed by atoms with Crippen molar-refractivity contribution in [2.75, 3.05) is 0 Å². The molecule has 5 rings (SSSR count). The van der Waals surface area contributed by atoms with E-state index in [4.69, 9.17) is 9.51 Å². The lowest BCUT2D eigenvalue weighted by atomic mass is 10.0. The van der Waals surface area contributed by atoms with Crippen LogP contribution in [0.2, 0.25) is 0 Å². The standard InChI is InChI=1S/C27H29FN8O2/c1-13(2)23-33-27(38-35-23)26(37)30-12-18-8-7-17(11-20(18)28)19-9-10-29-25-22(19)31-24(32-25)21-15(5)34-36(14(3)4)16(21)6/h7-11,13-14H,12H2,1-6H3,(H,30,37)(H,29,31,32). The molecule has 0 saturated carbocycles. The van der Waals surface area contributed by atoms with Gasteiger partial charge < -0.3 is 14.8 Å². The van der Waals surface area contributed by atoms with Crippen LogP contribution in [0.3, 0.4) is 0 Å². The molecule has 2 N–H and O–H groups in total. The van der Waals surface area contributed by atoms with E-state index in [1.165, 1.54) is 6.07 Å². The topological polar surface area (TPSA) is 127 Å². The number of carbonyl (C=O) groups excluding carboxylic acids is 1. The molecule has 0 aliphatic carbocycles. The lowest BCUT2D eigenvalue weighted by Gasteiger charge is -2.08. The van der Waals surface area contributed by atoms with Crippen LogP contribution in [0.25, 0.3) is 33.7 Å². The van der Waals surface area contributed by atoms with Crippen LogP contribution in [0, 0.1) is 19.7 Å².